The predicted molar refractivity (Wildman–Crippen MR) is 77.9 cm³/mol. The van der Waals surface area contributed by atoms with E-state index >= 15 is 0 Å². The highest BCUT2D eigenvalue weighted by Crippen LogP contribution is 2.26. The molecule has 0 aliphatic carbocycles. The molecule has 0 fully saturated rings. The van der Waals surface area contributed by atoms with Crippen LogP contribution in [-0.2, 0) is 4.79 Å². The van der Waals surface area contributed by atoms with Crippen molar-refractivity contribution in [2.45, 2.75) is 47.0 Å². The molecule has 1 rings (SSSR count). The van der Waals surface area contributed by atoms with Crippen LogP contribution in [0.1, 0.15) is 45.7 Å². The van der Waals surface area contributed by atoms with E-state index < -0.39 is 6.08 Å². The summed E-state index contributed by atoms with van der Waals surface area (Å²) in [5.74, 6) is 0.182. The van der Waals surface area contributed by atoms with Gasteiger partial charge in [-0.2, -0.15) is 9.37 Å². The van der Waals surface area contributed by atoms with Gasteiger partial charge in [0.15, 0.2) is 5.82 Å². The molecule has 0 saturated carbocycles. The minimum atomic E-state index is -0.864. The van der Waals surface area contributed by atoms with Crippen LogP contribution in [0, 0.1) is 18.9 Å². The zero-order valence-electron chi connectivity index (χ0n) is 12.4. The van der Waals surface area contributed by atoms with Crippen LogP contribution < -0.4 is 5.32 Å². The first-order chi connectivity index (χ1) is 9.43. The Kier molecular flexibility index (Phi) is 6.21. The second-order valence-corrected chi connectivity index (χ2v) is 4.95. The van der Waals surface area contributed by atoms with E-state index in [1.54, 1.807) is 13.1 Å². The maximum Gasteiger partial charge on any atom is 0.310 e. The number of carbonyl (C=O) groups excluding carboxylic acids is 1. The van der Waals surface area contributed by atoms with Crippen LogP contribution in [0.15, 0.2) is 4.99 Å². The van der Waals surface area contributed by atoms with Crippen molar-refractivity contribution in [3.8, 4) is 0 Å². The van der Waals surface area contributed by atoms with E-state index in [0.717, 1.165) is 12.8 Å². The molecule has 5 nitrogen and oxygen atoms in total. The number of aromatic nitrogens is 2. The fourth-order valence-electron chi connectivity index (χ4n) is 1.53. The van der Waals surface area contributed by atoms with E-state index in [4.69, 9.17) is 0 Å². The van der Waals surface area contributed by atoms with Gasteiger partial charge >= 0.3 is 6.08 Å². The number of carbonyl (C=O) groups is 1. The number of halogens is 1. The Morgan fingerprint density at radius 2 is 2.15 bits per heavy atom. The quantitative estimate of drug-likeness (QED) is 0.641. The summed E-state index contributed by atoms with van der Waals surface area (Å²) in [7, 11) is 0. The molecule has 0 unspecified atom stereocenters. The molecule has 6 heteroatoms. The highest BCUT2D eigenvalue weighted by atomic mass is 19.1. The lowest BCUT2D eigenvalue weighted by atomic mass is 10.2. The van der Waals surface area contributed by atoms with Crippen molar-refractivity contribution < 1.29 is 9.18 Å². The van der Waals surface area contributed by atoms with E-state index in [0.29, 0.717) is 17.8 Å². The molecule has 0 radical (unpaired) electrons. The number of nitrogens with one attached hydrogen (secondary N) is 1. The Hall–Kier alpha value is -1.85. The average molecular weight is 280 g/mol. The molecular weight excluding hydrogens is 259 g/mol. The Balaban J connectivity index is 3.00. The lowest BCUT2D eigenvalue weighted by Gasteiger charge is -2.09. The van der Waals surface area contributed by atoms with Crippen molar-refractivity contribution in [2.75, 3.05) is 5.32 Å². The Morgan fingerprint density at radius 1 is 1.45 bits per heavy atom. The van der Waals surface area contributed by atoms with Crippen molar-refractivity contribution in [2.24, 2.45) is 10.9 Å². The molecule has 0 aliphatic rings. The highest BCUT2D eigenvalue weighted by molar-refractivity contribution is 5.93. The fourth-order valence-corrected chi connectivity index (χ4v) is 1.53. The van der Waals surface area contributed by atoms with Gasteiger partial charge in [-0.25, -0.2) is 4.98 Å². The fraction of sp³-hybridized carbons (Fsp3) is 0.571. The van der Waals surface area contributed by atoms with Gasteiger partial charge in [0.2, 0.25) is 5.91 Å². The smallest absolute Gasteiger partial charge is 0.309 e. The number of aliphatic imine (C=N–C) groups is 1. The molecule has 0 bridgehead atoms. The van der Waals surface area contributed by atoms with E-state index in [9.17, 15) is 9.18 Å². The second-order valence-electron chi connectivity index (χ2n) is 4.95. The summed E-state index contributed by atoms with van der Waals surface area (Å²) in [6.45, 7) is 7.59. The molecule has 0 spiro atoms. The minimum Gasteiger partial charge on any atom is -0.309 e. The van der Waals surface area contributed by atoms with Gasteiger partial charge in [0.25, 0.3) is 0 Å². The Bertz CT molecular complexity index is 500. The molecular formula is C14H21FN4O. The number of aryl methyl sites for hydroxylation is 1. The summed E-state index contributed by atoms with van der Waals surface area (Å²) in [4.78, 5) is 23.3. The summed E-state index contributed by atoms with van der Waals surface area (Å²) >= 11 is 0. The van der Waals surface area contributed by atoms with Crippen molar-refractivity contribution in [1.82, 2.24) is 9.97 Å². The first-order valence-corrected chi connectivity index (χ1v) is 6.82. The van der Waals surface area contributed by atoms with Crippen LogP contribution >= 0.6 is 0 Å². The first-order valence-electron chi connectivity index (χ1n) is 6.82. The summed E-state index contributed by atoms with van der Waals surface area (Å²) < 4.78 is 13.3. The maximum atomic E-state index is 13.3. The monoisotopic (exact) mass is 280 g/mol. The second kappa shape index (κ2) is 7.67. The third-order valence-electron chi connectivity index (χ3n) is 2.55. The topological polar surface area (TPSA) is 67.2 Å². The van der Waals surface area contributed by atoms with E-state index in [1.165, 1.54) is 0 Å². The number of hydrogen-bond donors (Lipinski definition) is 1. The zero-order valence-corrected chi connectivity index (χ0v) is 12.4. The number of amides is 1. The van der Waals surface area contributed by atoms with Gasteiger partial charge in [-0.05, 0) is 19.3 Å². The number of nitrogens with zero attached hydrogens (tertiary/aromatic N) is 3. The number of anilines is 1. The summed E-state index contributed by atoms with van der Waals surface area (Å²) in [6.07, 6.45) is 2.93. The molecule has 0 saturated heterocycles. The van der Waals surface area contributed by atoms with Gasteiger partial charge in [0.1, 0.15) is 5.69 Å². The lowest BCUT2D eigenvalue weighted by Crippen LogP contribution is -2.14. The zero-order chi connectivity index (χ0) is 15.1. The van der Waals surface area contributed by atoms with Crippen molar-refractivity contribution in [1.29, 1.82) is 0 Å². The normalized spacial score (nSPS) is 11.3. The van der Waals surface area contributed by atoms with Crippen LogP contribution in [0.3, 0.4) is 0 Å². The molecule has 20 heavy (non-hydrogen) atoms. The Labute approximate surface area is 118 Å². The third-order valence-corrected chi connectivity index (χ3v) is 2.55. The van der Waals surface area contributed by atoms with Crippen LogP contribution in [0.2, 0.25) is 0 Å². The van der Waals surface area contributed by atoms with Crippen LogP contribution in [0.25, 0.3) is 0 Å². The van der Waals surface area contributed by atoms with Gasteiger partial charge in [-0.15, -0.1) is 0 Å². The third kappa shape index (κ3) is 5.03. The molecule has 1 aromatic rings. The molecule has 0 atom stereocenters. The number of hydrogen-bond acceptors (Lipinski definition) is 4. The van der Waals surface area contributed by atoms with Crippen molar-refractivity contribution in [3.05, 3.63) is 11.8 Å². The van der Waals surface area contributed by atoms with E-state index in [1.807, 2.05) is 20.8 Å². The lowest BCUT2D eigenvalue weighted by molar-refractivity contribution is -0.116. The number of rotatable bonds is 6. The van der Waals surface area contributed by atoms with Crippen molar-refractivity contribution >= 4 is 23.6 Å². The van der Waals surface area contributed by atoms with Gasteiger partial charge in [0, 0.05) is 12.6 Å². The first kappa shape index (κ1) is 16.2. The summed E-state index contributed by atoms with van der Waals surface area (Å²) in [5, 5.41) is 2.61. The summed E-state index contributed by atoms with van der Waals surface area (Å²) in [6, 6.07) is 0. The SMILES string of the molecule is CCCCC(=O)Nc1nc(F)nc(C)c1N=CC(C)C. The van der Waals surface area contributed by atoms with Gasteiger partial charge in [-0.1, -0.05) is 27.2 Å². The minimum absolute atomic E-state index is 0.132. The largest absolute Gasteiger partial charge is 0.310 e. The van der Waals surface area contributed by atoms with E-state index in [2.05, 4.69) is 20.3 Å². The van der Waals surface area contributed by atoms with Crippen molar-refractivity contribution in [3.63, 3.8) is 0 Å². The molecule has 1 aromatic heterocycles. The molecule has 1 amide bonds. The molecule has 0 aromatic carbocycles. The highest BCUT2D eigenvalue weighted by Gasteiger charge is 2.13. The number of unbranched alkanes of at least 4 members (excludes halogenated alkanes) is 1. The average Bonchev–Trinajstić information content (AvgIpc) is 2.34. The molecule has 110 valence electrons. The van der Waals surface area contributed by atoms with E-state index in [-0.39, 0.29) is 17.6 Å². The van der Waals surface area contributed by atoms with Gasteiger partial charge in [0.05, 0.1) is 5.69 Å². The summed E-state index contributed by atoms with van der Waals surface area (Å²) in [5.41, 5.74) is 0.810. The van der Waals surface area contributed by atoms with Gasteiger partial charge < -0.3 is 5.32 Å². The standard InChI is InChI=1S/C14H21FN4O/c1-5-6-7-11(20)18-13-12(16-8-9(2)3)10(4)17-14(15)19-13/h8-9H,5-7H2,1-4H3,(H,17,18,19,20). The molecule has 1 N–H and O–H groups in total. The maximum absolute atomic E-state index is 13.3. The molecule has 1 heterocycles. The predicted octanol–water partition coefficient (Wildman–Crippen LogP) is 3.41. The van der Waals surface area contributed by atoms with Crippen LogP contribution in [0.5, 0.6) is 0 Å². The van der Waals surface area contributed by atoms with Gasteiger partial charge in [-0.3, -0.25) is 9.79 Å². The Morgan fingerprint density at radius 3 is 2.75 bits per heavy atom. The van der Waals surface area contributed by atoms with Crippen LogP contribution in [0.4, 0.5) is 15.9 Å². The molecule has 0 aliphatic heterocycles. The van der Waals surface area contributed by atoms with Crippen LogP contribution in [-0.4, -0.2) is 22.1 Å².